The van der Waals surface area contributed by atoms with Crippen molar-refractivity contribution in [3.63, 3.8) is 0 Å². The molecule has 0 bridgehead atoms. The number of nitrogens with zero attached hydrogens (tertiary/aromatic N) is 1. The minimum Gasteiger partial charge on any atom is -0.383 e. The fourth-order valence-corrected chi connectivity index (χ4v) is 1.31. The molecule has 0 aliphatic heterocycles. The molecular weight excluding hydrogens is 227 g/mol. The molecule has 0 spiro atoms. The number of aromatic nitrogens is 1. The van der Waals surface area contributed by atoms with Crippen molar-refractivity contribution in [3.8, 4) is 0 Å². The van der Waals surface area contributed by atoms with Gasteiger partial charge in [0.2, 0.25) is 0 Å². The Balaban J connectivity index is 3.13. The maximum absolute atomic E-state index is 5.84. The summed E-state index contributed by atoms with van der Waals surface area (Å²) >= 11 is 9.13. The molecule has 0 saturated carbocycles. The Bertz CT molecular complexity index is 263. The highest BCUT2D eigenvalue weighted by Crippen LogP contribution is 2.26. The van der Waals surface area contributed by atoms with E-state index in [4.69, 9.17) is 17.3 Å². The highest BCUT2D eigenvalue weighted by molar-refractivity contribution is 9.10. The molecule has 0 aromatic carbocycles. The molecular formula is C7H8BrClN2. The summed E-state index contributed by atoms with van der Waals surface area (Å²) in [6, 6.07) is 1.88. The third kappa shape index (κ3) is 2.07. The SMILES string of the molecule is CC(Cl)c1cc(Br)cnc1N. The van der Waals surface area contributed by atoms with Crippen LogP contribution in [0, 0.1) is 0 Å². The number of halogens is 2. The van der Waals surface area contributed by atoms with Gasteiger partial charge in [-0.3, -0.25) is 0 Å². The number of hydrogen-bond acceptors (Lipinski definition) is 2. The van der Waals surface area contributed by atoms with Crippen molar-refractivity contribution in [2.24, 2.45) is 0 Å². The maximum atomic E-state index is 5.84. The van der Waals surface area contributed by atoms with Gasteiger partial charge in [-0.05, 0) is 28.9 Å². The lowest BCUT2D eigenvalue weighted by Gasteiger charge is -2.05. The van der Waals surface area contributed by atoms with Crippen molar-refractivity contribution in [3.05, 3.63) is 22.3 Å². The molecule has 1 unspecified atom stereocenters. The molecule has 0 saturated heterocycles. The Morgan fingerprint density at radius 1 is 1.73 bits per heavy atom. The minimum atomic E-state index is -0.0972. The Morgan fingerprint density at radius 2 is 2.36 bits per heavy atom. The molecule has 0 fully saturated rings. The molecule has 1 aromatic heterocycles. The Hall–Kier alpha value is -0.280. The predicted octanol–water partition coefficient (Wildman–Crippen LogP) is 2.73. The summed E-state index contributed by atoms with van der Waals surface area (Å²) in [6.45, 7) is 1.86. The fourth-order valence-electron chi connectivity index (χ4n) is 0.784. The third-order valence-corrected chi connectivity index (χ3v) is 2.01. The van der Waals surface area contributed by atoms with Gasteiger partial charge in [0.25, 0.3) is 0 Å². The van der Waals surface area contributed by atoms with Crippen molar-refractivity contribution < 1.29 is 0 Å². The number of anilines is 1. The first-order valence-electron chi connectivity index (χ1n) is 3.16. The second-order valence-electron chi connectivity index (χ2n) is 2.24. The van der Waals surface area contributed by atoms with Crippen LogP contribution >= 0.6 is 27.5 Å². The van der Waals surface area contributed by atoms with E-state index in [0.717, 1.165) is 10.0 Å². The zero-order chi connectivity index (χ0) is 8.43. The molecule has 11 heavy (non-hydrogen) atoms. The molecule has 1 rings (SSSR count). The molecule has 1 atom stereocenters. The molecule has 60 valence electrons. The summed E-state index contributed by atoms with van der Waals surface area (Å²) in [5.41, 5.74) is 6.44. The average Bonchev–Trinajstić information content (AvgIpc) is 1.94. The van der Waals surface area contributed by atoms with Crippen LogP contribution in [0.1, 0.15) is 17.9 Å². The van der Waals surface area contributed by atoms with Crippen molar-refractivity contribution in [1.29, 1.82) is 0 Å². The van der Waals surface area contributed by atoms with Gasteiger partial charge < -0.3 is 5.73 Å². The Morgan fingerprint density at radius 3 is 2.82 bits per heavy atom. The predicted molar refractivity (Wildman–Crippen MR) is 50.6 cm³/mol. The van der Waals surface area contributed by atoms with E-state index in [-0.39, 0.29) is 5.38 Å². The van der Waals surface area contributed by atoms with Gasteiger partial charge in [0.05, 0.1) is 5.38 Å². The molecule has 0 amide bonds. The third-order valence-electron chi connectivity index (χ3n) is 1.34. The van der Waals surface area contributed by atoms with Crippen LogP contribution < -0.4 is 5.73 Å². The molecule has 2 N–H and O–H groups in total. The van der Waals surface area contributed by atoms with Crippen molar-refractivity contribution in [1.82, 2.24) is 4.98 Å². The van der Waals surface area contributed by atoms with Crippen LogP contribution in [-0.2, 0) is 0 Å². The van der Waals surface area contributed by atoms with Gasteiger partial charge in [0.15, 0.2) is 0 Å². The van der Waals surface area contributed by atoms with Crippen molar-refractivity contribution >= 4 is 33.3 Å². The van der Waals surface area contributed by atoms with Crippen LogP contribution in [0.4, 0.5) is 5.82 Å². The smallest absolute Gasteiger partial charge is 0.128 e. The van der Waals surface area contributed by atoms with Crippen LogP contribution in [0.5, 0.6) is 0 Å². The minimum absolute atomic E-state index is 0.0972. The lowest BCUT2D eigenvalue weighted by molar-refractivity contribution is 1.06. The monoisotopic (exact) mass is 234 g/mol. The van der Waals surface area contributed by atoms with E-state index in [2.05, 4.69) is 20.9 Å². The largest absolute Gasteiger partial charge is 0.383 e. The molecule has 0 aliphatic carbocycles. The highest BCUT2D eigenvalue weighted by Gasteiger charge is 2.06. The summed E-state index contributed by atoms with van der Waals surface area (Å²) in [6.07, 6.45) is 1.65. The number of rotatable bonds is 1. The lowest BCUT2D eigenvalue weighted by atomic mass is 10.2. The zero-order valence-electron chi connectivity index (χ0n) is 6.01. The van der Waals surface area contributed by atoms with Gasteiger partial charge in [0, 0.05) is 16.2 Å². The summed E-state index contributed by atoms with van der Waals surface area (Å²) in [5.74, 6) is 0.496. The first-order valence-corrected chi connectivity index (χ1v) is 4.39. The van der Waals surface area contributed by atoms with Gasteiger partial charge >= 0.3 is 0 Å². The van der Waals surface area contributed by atoms with Gasteiger partial charge in [-0.1, -0.05) is 0 Å². The number of nitrogens with two attached hydrogens (primary N) is 1. The quantitative estimate of drug-likeness (QED) is 0.760. The van der Waals surface area contributed by atoms with Gasteiger partial charge in [-0.25, -0.2) is 4.98 Å². The topological polar surface area (TPSA) is 38.9 Å². The van der Waals surface area contributed by atoms with Gasteiger partial charge in [0.1, 0.15) is 5.82 Å². The van der Waals surface area contributed by atoms with Crippen LogP contribution in [0.15, 0.2) is 16.7 Å². The number of nitrogen functional groups attached to an aromatic ring is 1. The van der Waals surface area contributed by atoms with Crippen LogP contribution in [0.2, 0.25) is 0 Å². The van der Waals surface area contributed by atoms with E-state index in [1.165, 1.54) is 0 Å². The second kappa shape index (κ2) is 3.41. The highest BCUT2D eigenvalue weighted by atomic mass is 79.9. The zero-order valence-corrected chi connectivity index (χ0v) is 8.35. The van der Waals surface area contributed by atoms with E-state index < -0.39 is 0 Å². The number of hydrogen-bond donors (Lipinski definition) is 1. The van der Waals surface area contributed by atoms with E-state index in [9.17, 15) is 0 Å². The Kier molecular flexibility index (Phi) is 2.73. The first kappa shape index (κ1) is 8.81. The van der Waals surface area contributed by atoms with Crippen LogP contribution in [0.25, 0.3) is 0 Å². The second-order valence-corrected chi connectivity index (χ2v) is 3.81. The Labute approximate surface area is 78.9 Å². The first-order chi connectivity index (χ1) is 5.11. The standard InChI is InChI=1S/C7H8BrClN2/c1-4(9)6-2-5(8)3-11-7(6)10/h2-4H,1H3,(H2,10,11). The van der Waals surface area contributed by atoms with Crippen molar-refractivity contribution in [2.75, 3.05) is 5.73 Å². The van der Waals surface area contributed by atoms with Crippen LogP contribution in [-0.4, -0.2) is 4.98 Å². The lowest BCUT2D eigenvalue weighted by Crippen LogP contribution is -1.97. The summed E-state index contributed by atoms with van der Waals surface area (Å²) in [7, 11) is 0. The van der Waals surface area contributed by atoms with E-state index >= 15 is 0 Å². The molecule has 2 nitrogen and oxygen atoms in total. The fraction of sp³-hybridized carbons (Fsp3) is 0.286. The van der Waals surface area contributed by atoms with E-state index in [1.807, 2.05) is 13.0 Å². The summed E-state index contributed by atoms with van der Waals surface area (Å²) in [4.78, 5) is 3.95. The molecule has 1 aromatic rings. The maximum Gasteiger partial charge on any atom is 0.128 e. The van der Waals surface area contributed by atoms with Crippen LogP contribution in [0.3, 0.4) is 0 Å². The average molecular weight is 236 g/mol. The van der Waals surface area contributed by atoms with Crippen molar-refractivity contribution in [2.45, 2.75) is 12.3 Å². The molecule has 1 heterocycles. The normalized spacial score (nSPS) is 13.0. The number of pyridine rings is 1. The molecule has 4 heteroatoms. The van der Waals surface area contributed by atoms with Gasteiger partial charge in [-0.15, -0.1) is 11.6 Å². The summed E-state index contributed by atoms with van der Waals surface area (Å²) < 4.78 is 0.897. The van der Waals surface area contributed by atoms with E-state index in [0.29, 0.717) is 5.82 Å². The van der Waals surface area contributed by atoms with E-state index in [1.54, 1.807) is 6.20 Å². The molecule has 0 radical (unpaired) electrons. The van der Waals surface area contributed by atoms with Gasteiger partial charge in [-0.2, -0.15) is 0 Å². The molecule has 0 aliphatic rings. The number of alkyl halides is 1. The summed E-state index contributed by atoms with van der Waals surface area (Å²) in [5, 5.41) is -0.0972.